The molecular weight excluding hydrogens is 272 g/mol. The van der Waals surface area contributed by atoms with Crippen LogP contribution in [-0.2, 0) is 9.84 Å². The molecule has 0 spiro atoms. The van der Waals surface area contributed by atoms with Crippen LogP contribution in [0.15, 0.2) is 24.3 Å². The predicted molar refractivity (Wildman–Crippen MR) is 84.0 cm³/mol. The Hall–Kier alpha value is -1.07. The van der Waals surface area contributed by atoms with Crippen molar-refractivity contribution in [3.8, 4) is 0 Å². The molecular formula is C15H24N2O2S. The Kier molecular flexibility index (Phi) is 4.70. The maximum Gasteiger partial charge on any atom is 0.152 e. The molecule has 0 aliphatic carbocycles. The van der Waals surface area contributed by atoms with Crippen LogP contribution >= 0.6 is 0 Å². The van der Waals surface area contributed by atoms with Crippen molar-refractivity contribution in [2.24, 2.45) is 0 Å². The zero-order valence-corrected chi connectivity index (χ0v) is 13.3. The molecule has 1 aromatic rings. The second-order valence-electron chi connectivity index (χ2n) is 5.51. The average molecular weight is 296 g/mol. The van der Waals surface area contributed by atoms with E-state index in [0.717, 1.165) is 18.7 Å². The third kappa shape index (κ3) is 3.33. The molecule has 5 heteroatoms. The highest BCUT2D eigenvalue weighted by atomic mass is 32.2. The van der Waals surface area contributed by atoms with Crippen molar-refractivity contribution in [2.75, 3.05) is 30.0 Å². The summed E-state index contributed by atoms with van der Waals surface area (Å²) in [6.45, 7) is 5.14. The highest BCUT2D eigenvalue weighted by Crippen LogP contribution is 2.29. The first-order valence-electron chi connectivity index (χ1n) is 7.20. The molecule has 2 rings (SSSR count). The van der Waals surface area contributed by atoms with Crippen LogP contribution < -0.4 is 10.2 Å². The number of benzene rings is 1. The molecule has 2 atom stereocenters. The molecule has 0 bridgehead atoms. The third-order valence-corrected chi connectivity index (χ3v) is 5.80. The fraction of sp³-hybridized carbons (Fsp3) is 0.600. The smallest absolute Gasteiger partial charge is 0.152 e. The minimum atomic E-state index is -2.85. The molecule has 1 aliphatic rings. The number of hydrogen-bond acceptors (Lipinski definition) is 4. The van der Waals surface area contributed by atoms with Gasteiger partial charge in [-0.3, -0.25) is 0 Å². The first kappa shape index (κ1) is 15.3. The summed E-state index contributed by atoms with van der Waals surface area (Å²) in [4.78, 5) is 2.13. The van der Waals surface area contributed by atoms with E-state index in [1.807, 2.05) is 19.2 Å². The minimum absolute atomic E-state index is 0.0926. The zero-order chi connectivity index (χ0) is 14.8. The first-order valence-corrected chi connectivity index (χ1v) is 9.02. The lowest BCUT2D eigenvalue weighted by Gasteiger charge is -2.29. The maximum atomic E-state index is 11.7. The van der Waals surface area contributed by atoms with Crippen LogP contribution in [0.1, 0.15) is 31.9 Å². The van der Waals surface area contributed by atoms with Crippen LogP contribution in [-0.4, -0.2) is 39.6 Å². The van der Waals surface area contributed by atoms with Crippen LogP contribution in [0.3, 0.4) is 0 Å². The van der Waals surface area contributed by atoms with Crippen molar-refractivity contribution >= 4 is 15.5 Å². The van der Waals surface area contributed by atoms with E-state index in [0.29, 0.717) is 5.75 Å². The van der Waals surface area contributed by atoms with Gasteiger partial charge in [0, 0.05) is 24.8 Å². The van der Waals surface area contributed by atoms with Crippen molar-refractivity contribution in [3.05, 3.63) is 29.8 Å². The number of sulfone groups is 1. The number of nitrogens with zero attached hydrogens (tertiary/aromatic N) is 1. The molecule has 0 radical (unpaired) electrons. The summed E-state index contributed by atoms with van der Waals surface area (Å²) in [5.41, 5.74) is 2.35. The van der Waals surface area contributed by atoms with Gasteiger partial charge in [0.05, 0.1) is 11.5 Å². The number of rotatable bonds is 5. The van der Waals surface area contributed by atoms with E-state index in [1.54, 1.807) is 0 Å². The Bertz CT molecular complexity index is 557. The van der Waals surface area contributed by atoms with Gasteiger partial charge >= 0.3 is 0 Å². The highest BCUT2D eigenvalue weighted by Gasteiger charge is 2.31. The number of para-hydroxylation sites is 1. The molecule has 2 unspecified atom stereocenters. The normalized spacial score (nSPS) is 22.6. The van der Waals surface area contributed by atoms with Crippen LogP contribution in [0.5, 0.6) is 0 Å². The quantitative estimate of drug-likeness (QED) is 0.902. The summed E-state index contributed by atoms with van der Waals surface area (Å²) in [5.74, 6) is 0.584. The fourth-order valence-electron chi connectivity index (χ4n) is 2.87. The van der Waals surface area contributed by atoms with Crippen molar-refractivity contribution in [1.29, 1.82) is 0 Å². The van der Waals surface area contributed by atoms with Gasteiger partial charge in [-0.25, -0.2) is 8.42 Å². The maximum absolute atomic E-state index is 11.7. The molecule has 0 aromatic heterocycles. The van der Waals surface area contributed by atoms with E-state index in [-0.39, 0.29) is 17.8 Å². The summed E-state index contributed by atoms with van der Waals surface area (Å²) < 4.78 is 23.3. The predicted octanol–water partition coefficient (Wildman–Crippen LogP) is 1.98. The molecule has 1 aromatic carbocycles. The molecule has 112 valence electrons. The van der Waals surface area contributed by atoms with Gasteiger partial charge in [0.1, 0.15) is 0 Å². The molecule has 0 saturated carbocycles. The van der Waals surface area contributed by atoms with Gasteiger partial charge in [-0.05, 0) is 31.5 Å². The van der Waals surface area contributed by atoms with Gasteiger partial charge in [0.15, 0.2) is 9.84 Å². The topological polar surface area (TPSA) is 49.4 Å². The summed E-state index contributed by atoms with van der Waals surface area (Å²) >= 11 is 0. The van der Waals surface area contributed by atoms with Gasteiger partial charge < -0.3 is 10.2 Å². The third-order valence-electron chi connectivity index (χ3n) is 4.05. The number of hydrogen-bond donors (Lipinski definition) is 1. The van der Waals surface area contributed by atoms with Crippen molar-refractivity contribution in [1.82, 2.24) is 5.32 Å². The second kappa shape index (κ2) is 6.14. The molecule has 20 heavy (non-hydrogen) atoms. The Morgan fingerprint density at radius 1 is 1.40 bits per heavy atom. The molecule has 1 heterocycles. The SMILES string of the molecule is CCNC(C)c1ccccc1N(C)C1CCS(=O)(=O)C1. The van der Waals surface area contributed by atoms with Crippen LogP contribution in [0.2, 0.25) is 0 Å². The number of nitrogens with one attached hydrogen (secondary N) is 1. The lowest BCUT2D eigenvalue weighted by molar-refractivity contribution is 0.592. The van der Waals surface area contributed by atoms with E-state index in [4.69, 9.17) is 0 Å². The standard InChI is InChI=1S/C15H24N2O2S/c1-4-16-12(2)14-7-5-6-8-15(14)17(3)13-9-10-20(18,19)11-13/h5-8,12-13,16H,4,9-11H2,1-3H3. The van der Waals surface area contributed by atoms with Crippen molar-refractivity contribution in [3.63, 3.8) is 0 Å². The Labute approximate surface area is 122 Å². The van der Waals surface area contributed by atoms with Crippen LogP contribution in [0.25, 0.3) is 0 Å². The Morgan fingerprint density at radius 3 is 2.70 bits per heavy atom. The van der Waals surface area contributed by atoms with E-state index in [2.05, 4.69) is 36.2 Å². The summed E-state index contributed by atoms with van der Waals surface area (Å²) in [5, 5.41) is 3.42. The van der Waals surface area contributed by atoms with Crippen molar-refractivity contribution in [2.45, 2.75) is 32.4 Å². The molecule has 1 N–H and O–H groups in total. The summed E-state index contributed by atoms with van der Waals surface area (Å²) in [7, 11) is -0.846. The average Bonchev–Trinajstić information content (AvgIpc) is 2.78. The summed E-state index contributed by atoms with van der Waals surface area (Å²) in [6.07, 6.45) is 0.725. The van der Waals surface area contributed by atoms with E-state index in [9.17, 15) is 8.42 Å². The van der Waals surface area contributed by atoms with Gasteiger partial charge in [-0.1, -0.05) is 25.1 Å². The van der Waals surface area contributed by atoms with Gasteiger partial charge in [0.25, 0.3) is 0 Å². The highest BCUT2D eigenvalue weighted by molar-refractivity contribution is 7.91. The van der Waals surface area contributed by atoms with E-state index in [1.165, 1.54) is 5.56 Å². The summed E-state index contributed by atoms with van der Waals surface area (Å²) in [6, 6.07) is 8.59. The molecule has 1 saturated heterocycles. The van der Waals surface area contributed by atoms with E-state index < -0.39 is 9.84 Å². The monoisotopic (exact) mass is 296 g/mol. The Morgan fingerprint density at radius 2 is 2.10 bits per heavy atom. The van der Waals surface area contributed by atoms with Gasteiger partial charge in [-0.15, -0.1) is 0 Å². The number of anilines is 1. The lowest BCUT2D eigenvalue weighted by atomic mass is 10.0. The fourth-order valence-corrected chi connectivity index (χ4v) is 4.64. The van der Waals surface area contributed by atoms with Crippen LogP contribution in [0, 0.1) is 0 Å². The molecule has 0 amide bonds. The molecule has 4 nitrogen and oxygen atoms in total. The van der Waals surface area contributed by atoms with Crippen LogP contribution in [0.4, 0.5) is 5.69 Å². The largest absolute Gasteiger partial charge is 0.370 e. The van der Waals surface area contributed by atoms with E-state index >= 15 is 0 Å². The lowest BCUT2D eigenvalue weighted by Crippen LogP contribution is -2.34. The van der Waals surface area contributed by atoms with Crippen molar-refractivity contribution < 1.29 is 8.42 Å². The molecule has 1 fully saturated rings. The zero-order valence-electron chi connectivity index (χ0n) is 12.5. The van der Waals surface area contributed by atoms with Gasteiger partial charge in [0.2, 0.25) is 0 Å². The Balaban J connectivity index is 2.24. The van der Waals surface area contributed by atoms with Gasteiger partial charge in [-0.2, -0.15) is 0 Å². The first-order chi connectivity index (χ1) is 9.44. The minimum Gasteiger partial charge on any atom is -0.370 e. The second-order valence-corrected chi connectivity index (χ2v) is 7.73. The molecule has 1 aliphatic heterocycles.